The highest BCUT2D eigenvalue weighted by atomic mass is 16.2. The molecule has 0 spiro atoms. The van der Waals surface area contributed by atoms with Gasteiger partial charge < -0.3 is 14.8 Å². The molecule has 3 heterocycles. The van der Waals surface area contributed by atoms with Crippen molar-refractivity contribution >= 4 is 5.91 Å². The number of nitrogens with zero attached hydrogens (tertiary/aromatic N) is 4. The topological polar surface area (TPSA) is 74.0 Å². The Bertz CT molecular complexity index is 739. The van der Waals surface area contributed by atoms with E-state index in [0.717, 1.165) is 38.0 Å². The van der Waals surface area contributed by atoms with Crippen LogP contribution in [0.4, 0.5) is 0 Å². The number of nitriles is 1. The average molecular weight is 323 g/mol. The van der Waals surface area contributed by atoms with Gasteiger partial charge in [0.1, 0.15) is 11.8 Å². The molecule has 0 aliphatic carbocycles. The summed E-state index contributed by atoms with van der Waals surface area (Å²) in [6.07, 6.45) is 7.16. The molecule has 1 fully saturated rings. The van der Waals surface area contributed by atoms with E-state index in [-0.39, 0.29) is 5.91 Å². The van der Waals surface area contributed by atoms with Crippen LogP contribution in [-0.2, 0) is 13.6 Å². The van der Waals surface area contributed by atoms with Crippen LogP contribution in [0.25, 0.3) is 0 Å². The lowest BCUT2D eigenvalue weighted by Crippen LogP contribution is -2.44. The number of rotatable bonds is 4. The molecule has 6 nitrogen and oxygen atoms in total. The van der Waals surface area contributed by atoms with Crippen molar-refractivity contribution in [1.82, 2.24) is 19.8 Å². The van der Waals surface area contributed by atoms with Crippen molar-refractivity contribution in [3.63, 3.8) is 0 Å². The third-order valence-corrected chi connectivity index (χ3v) is 4.48. The van der Waals surface area contributed by atoms with E-state index in [0.29, 0.717) is 17.3 Å². The summed E-state index contributed by atoms with van der Waals surface area (Å²) in [5.41, 5.74) is 2.48. The van der Waals surface area contributed by atoms with Crippen LogP contribution in [0.15, 0.2) is 36.8 Å². The number of hydrogen-bond acceptors (Lipinski definition) is 4. The number of amides is 1. The van der Waals surface area contributed by atoms with Gasteiger partial charge in [0.25, 0.3) is 5.91 Å². The molecule has 0 saturated carbocycles. The molecule has 3 rings (SSSR count). The SMILES string of the molecule is Cn1cc(CNC2CCN(C(=O)c3ccncc3)CC2)cc1C#N. The van der Waals surface area contributed by atoms with Crippen LogP contribution < -0.4 is 5.32 Å². The van der Waals surface area contributed by atoms with Crippen LogP contribution in [-0.4, -0.2) is 39.5 Å². The molecule has 124 valence electrons. The Kier molecular flexibility index (Phi) is 4.92. The van der Waals surface area contributed by atoms with Gasteiger partial charge in [0.2, 0.25) is 0 Å². The molecule has 1 aliphatic heterocycles. The highest BCUT2D eigenvalue weighted by molar-refractivity contribution is 5.94. The fourth-order valence-electron chi connectivity index (χ4n) is 3.07. The van der Waals surface area contributed by atoms with Gasteiger partial charge in [-0.2, -0.15) is 5.26 Å². The lowest BCUT2D eigenvalue weighted by molar-refractivity contribution is 0.0704. The Balaban J connectivity index is 1.48. The number of aryl methyl sites for hydroxylation is 1. The second-order valence-corrected chi connectivity index (χ2v) is 6.14. The van der Waals surface area contributed by atoms with Gasteiger partial charge in [-0.1, -0.05) is 0 Å². The monoisotopic (exact) mass is 323 g/mol. The normalized spacial score (nSPS) is 15.2. The van der Waals surface area contributed by atoms with Crippen LogP contribution in [0, 0.1) is 11.3 Å². The number of likely N-dealkylation sites (tertiary alicyclic amines) is 1. The van der Waals surface area contributed by atoms with E-state index in [2.05, 4.69) is 16.4 Å². The molecule has 1 aliphatic rings. The van der Waals surface area contributed by atoms with E-state index in [1.807, 2.05) is 28.8 Å². The first-order valence-electron chi connectivity index (χ1n) is 8.15. The molecule has 1 N–H and O–H groups in total. The lowest BCUT2D eigenvalue weighted by Gasteiger charge is -2.32. The first kappa shape index (κ1) is 16.2. The van der Waals surface area contributed by atoms with Gasteiger partial charge in [-0.3, -0.25) is 9.78 Å². The quantitative estimate of drug-likeness (QED) is 0.929. The van der Waals surface area contributed by atoms with E-state index >= 15 is 0 Å². The number of carbonyl (C=O) groups is 1. The number of hydrogen-bond donors (Lipinski definition) is 1. The summed E-state index contributed by atoms with van der Waals surface area (Å²) in [6.45, 7) is 2.27. The minimum Gasteiger partial charge on any atom is -0.342 e. The van der Waals surface area contributed by atoms with Crippen LogP contribution >= 0.6 is 0 Å². The van der Waals surface area contributed by atoms with E-state index in [9.17, 15) is 4.79 Å². The standard InChI is InChI=1S/C18H21N5O/c1-22-13-14(10-17(22)11-19)12-21-16-4-8-23(9-5-16)18(24)15-2-6-20-7-3-15/h2-3,6-7,10,13,16,21H,4-5,8-9,12H2,1H3. The van der Waals surface area contributed by atoms with E-state index < -0.39 is 0 Å². The van der Waals surface area contributed by atoms with Crippen LogP contribution in [0.3, 0.4) is 0 Å². The van der Waals surface area contributed by atoms with Crippen molar-refractivity contribution in [2.75, 3.05) is 13.1 Å². The van der Waals surface area contributed by atoms with Crippen molar-refractivity contribution in [1.29, 1.82) is 5.26 Å². The molecule has 1 saturated heterocycles. The molecule has 6 heteroatoms. The molecule has 0 radical (unpaired) electrons. The summed E-state index contributed by atoms with van der Waals surface area (Å²) >= 11 is 0. The largest absolute Gasteiger partial charge is 0.342 e. The van der Waals surface area contributed by atoms with Crippen molar-refractivity contribution < 1.29 is 4.79 Å². The van der Waals surface area contributed by atoms with Crippen molar-refractivity contribution in [3.05, 3.63) is 53.6 Å². The zero-order valence-corrected chi connectivity index (χ0v) is 13.8. The number of pyridine rings is 1. The average Bonchev–Trinajstić information content (AvgIpc) is 3.00. The highest BCUT2D eigenvalue weighted by Gasteiger charge is 2.23. The molecule has 1 amide bonds. The third-order valence-electron chi connectivity index (χ3n) is 4.48. The number of aromatic nitrogens is 2. The van der Waals surface area contributed by atoms with Gasteiger partial charge >= 0.3 is 0 Å². The maximum Gasteiger partial charge on any atom is 0.253 e. The van der Waals surface area contributed by atoms with Gasteiger partial charge in [-0.15, -0.1) is 0 Å². The maximum atomic E-state index is 12.4. The lowest BCUT2D eigenvalue weighted by atomic mass is 10.0. The van der Waals surface area contributed by atoms with Gasteiger partial charge in [-0.05, 0) is 36.6 Å². The second-order valence-electron chi connectivity index (χ2n) is 6.14. The smallest absolute Gasteiger partial charge is 0.253 e. The van der Waals surface area contributed by atoms with Gasteiger partial charge in [0.15, 0.2) is 0 Å². The number of nitrogens with one attached hydrogen (secondary N) is 1. The maximum absolute atomic E-state index is 12.4. The Morgan fingerprint density at radius 3 is 2.71 bits per heavy atom. The minimum atomic E-state index is 0.0811. The summed E-state index contributed by atoms with van der Waals surface area (Å²) in [4.78, 5) is 18.3. The van der Waals surface area contributed by atoms with E-state index in [1.54, 1.807) is 24.5 Å². The fraction of sp³-hybridized carbons (Fsp3) is 0.389. The summed E-state index contributed by atoms with van der Waals surface area (Å²) in [5, 5.41) is 12.5. The predicted octanol–water partition coefficient (Wildman–Crippen LogP) is 1.69. The summed E-state index contributed by atoms with van der Waals surface area (Å²) in [7, 11) is 1.88. The van der Waals surface area contributed by atoms with Crippen molar-refractivity contribution in [2.24, 2.45) is 7.05 Å². The zero-order valence-electron chi connectivity index (χ0n) is 13.8. The zero-order chi connectivity index (χ0) is 16.9. The van der Waals surface area contributed by atoms with Crippen LogP contribution in [0.5, 0.6) is 0 Å². The molecule has 0 bridgehead atoms. The van der Waals surface area contributed by atoms with Crippen molar-refractivity contribution in [2.45, 2.75) is 25.4 Å². The fourth-order valence-corrected chi connectivity index (χ4v) is 3.07. The molecular weight excluding hydrogens is 302 g/mol. The summed E-state index contributed by atoms with van der Waals surface area (Å²) < 4.78 is 1.84. The van der Waals surface area contributed by atoms with E-state index in [4.69, 9.17) is 5.26 Å². The molecule has 2 aromatic rings. The van der Waals surface area contributed by atoms with E-state index in [1.165, 1.54) is 0 Å². The molecular formula is C18H21N5O. The molecule has 0 atom stereocenters. The van der Waals surface area contributed by atoms with Gasteiger partial charge in [0, 0.05) is 56.9 Å². The van der Waals surface area contributed by atoms with Gasteiger partial charge in [0.05, 0.1) is 0 Å². The predicted molar refractivity (Wildman–Crippen MR) is 90.1 cm³/mol. The van der Waals surface area contributed by atoms with Crippen molar-refractivity contribution in [3.8, 4) is 6.07 Å². The Morgan fingerprint density at radius 2 is 2.08 bits per heavy atom. The molecule has 24 heavy (non-hydrogen) atoms. The summed E-state index contributed by atoms with van der Waals surface area (Å²) in [5.74, 6) is 0.0811. The van der Waals surface area contributed by atoms with Gasteiger partial charge in [-0.25, -0.2) is 0 Å². The number of piperidine rings is 1. The minimum absolute atomic E-state index is 0.0811. The number of carbonyl (C=O) groups excluding carboxylic acids is 1. The molecule has 2 aromatic heterocycles. The Hall–Kier alpha value is -2.65. The first-order chi connectivity index (χ1) is 11.7. The van der Waals surface area contributed by atoms with Crippen LogP contribution in [0.2, 0.25) is 0 Å². The van der Waals surface area contributed by atoms with Crippen LogP contribution in [0.1, 0.15) is 34.5 Å². The Labute approximate surface area is 141 Å². The molecule has 0 aromatic carbocycles. The molecule has 0 unspecified atom stereocenters. The third kappa shape index (κ3) is 3.63. The Morgan fingerprint density at radius 1 is 1.38 bits per heavy atom. The highest BCUT2D eigenvalue weighted by Crippen LogP contribution is 2.15. The first-order valence-corrected chi connectivity index (χ1v) is 8.15. The second kappa shape index (κ2) is 7.28. The summed E-state index contributed by atoms with van der Waals surface area (Å²) in [6, 6.07) is 8.00.